The summed E-state index contributed by atoms with van der Waals surface area (Å²) in [5.74, 6) is 2.32. The predicted molar refractivity (Wildman–Crippen MR) is 117 cm³/mol. The third-order valence-corrected chi connectivity index (χ3v) is 6.41. The van der Waals surface area contributed by atoms with E-state index < -0.39 is 42.6 Å². The van der Waals surface area contributed by atoms with Gasteiger partial charge in [0.2, 0.25) is 11.6 Å². The lowest BCUT2D eigenvalue weighted by Gasteiger charge is -2.31. The maximum atomic E-state index is 16.4. The monoisotopic (exact) mass is 477 g/mol. The van der Waals surface area contributed by atoms with Crippen LogP contribution >= 0.6 is 0 Å². The highest BCUT2D eigenvalue weighted by molar-refractivity contribution is 5.71. The number of nitrogens with zero attached hydrogens (tertiary/aromatic N) is 3. The number of halogens is 1. The average Bonchev–Trinajstić information content (AvgIpc) is 3.40. The topological polar surface area (TPSA) is 133 Å². The van der Waals surface area contributed by atoms with E-state index in [4.69, 9.17) is 25.4 Å². The Hall–Kier alpha value is -2.56. The molecule has 3 fully saturated rings. The molecule has 0 amide bonds. The van der Waals surface area contributed by atoms with Crippen LogP contribution in [0.3, 0.4) is 0 Å². The van der Waals surface area contributed by atoms with Crippen molar-refractivity contribution in [3.8, 4) is 12.3 Å². The number of anilines is 1. The van der Waals surface area contributed by atoms with Gasteiger partial charge in [0, 0.05) is 13.2 Å². The number of imidazole rings is 1. The molecule has 2 aromatic heterocycles. The van der Waals surface area contributed by atoms with Gasteiger partial charge >= 0.3 is 0 Å². The van der Waals surface area contributed by atoms with Crippen molar-refractivity contribution in [1.82, 2.24) is 19.5 Å². The Morgan fingerprint density at radius 1 is 1.32 bits per heavy atom. The third-order valence-electron chi connectivity index (χ3n) is 6.41. The van der Waals surface area contributed by atoms with Gasteiger partial charge in [0.25, 0.3) is 5.56 Å². The molecule has 3 saturated heterocycles. The van der Waals surface area contributed by atoms with E-state index in [1.54, 1.807) is 0 Å². The normalized spacial score (nSPS) is 34.2. The van der Waals surface area contributed by atoms with Gasteiger partial charge in [0.1, 0.15) is 18.4 Å². The quantitative estimate of drug-likeness (QED) is 0.525. The number of H-pyrrole nitrogens is 1. The number of rotatable bonds is 6. The van der Waals surface area contributed by atoms with E-state index in [-0.39, 0.29) is 23.3 Å². The van der Waals surface area contributed by atoms with E-state index in [2.05, 4.69) is 26.2 Å². The summed E-state index contributed by atoms with van der Waals surface area (Å²) in [4.78, 5) is 23.8. The molecule has 3 aliphatic rings. The largest absolute Gasteiger partial charge is 0.394 e. The summed E-state index contributed by atoms with van der Waals surface area (Å²) >= 11 is 0. The van der Waals surface area contributed by atoms with Gasteiger partial charge in [0.05, 0.1) is 12.9 Å². The van der Waals surface area contributed by atoms with Gasteiger partial charge in [0.15, 0.2) is 23.7 Å². The maximum absolute atomic E-state index is 16.4. The van der Waals surface area contributed by atoms with Crippen molar-refractivity contribution in [2.45, 2.75) is 75.1 Å². The van der Waals surface area contributed by atoms with Crippen LogP contribution in [-0.2, 0) is 18.9 Å². The highest BCUT2D eigenvalue weighted by atomic mass is 19.1. The minimum atomic E-state index is -2.48. The standard InChI is InChI=1S/C22H28FN5O6/c1-2-22(23)17(34-15-8-4-6-10-32-15)13(11-29)33-20(22)28-12-24-16-18(28)26-21(27-19(16)30)25-14-7-3-5-9-31-14/h1,12-15,17,20,29H,3-11H2,(H2,25,26,27,30)/t13-,14?,15?,17+,20-,22-/m1/s1. The van der Waals surface area contributed by atoms with Crippen molar-refractivity contribution in [2.75, 3.05) is 25.1 Å². The molecule has 5 heterocycles. The lowest BCUT2D eigenvalue weighted by Crippen LogP contribution is -2.46. The molecular weight excluding hydrogens is 449 g/mol. The van der Waals surface area contributed by atoms with E-state index in [1.807, 2.05) is 0 Å². The number of aliphatic hydroxyl groups is 1. The molecule has 0 spiro atoms. The second-order valence-corrected chi connectivity index (χ2v) is 8.71. The second-order valence-electron chi connectivity index (χ2n) is 8.71. The molecule has 184 valence electrons. The predicted octanol–water partition coefficient (Wildman–Crippen LogP) is 1.20. The van der Waals surface area contributed by atoms with Gasteiger partial charge in [-0.2, -0.15) is 4.98 Å². The van der Waals surface area contributed by atoms with Gasteiger partial charge in [-0.25, -0.2) is 9.37 Å². The third kappa shape index (κ3) is 4.18. The van der Waals surface area contributed by atoms with E-state index in [9.17, 15) is 9.90 Å². The molecule has 11 nitrogen and oxygen atoms in total. The van der Waals surface area contributed by atoms with Gasteiger partial charge in [-0.05, 0) is 38.5 Å². The van der Waals surface area contributed by atoms with Crippen LogP contribution in [0.25, 0.3) is 11.2 Å². The van der Waals surface area contributed by atoms with Crippen LogP contribution < -0.4 is 10.9 Å². The first-order valence-corrected chi connectivity index (χ1v) is 11.6. The minimum Gasteiger partial charge on any atom is -0.394 e. The van der Waals surface area contributed by atoms with Gasteiger partial charge in [-0.1, -0.05) is 5.92 Å². The van der Waals surface area contributed by atoms with Crippen molar-refractivity contribution < 1.29 is 28.4 Å². The van der Waals surface area contributed by atoms with Gasteiger partial charge in [-0.15, -0.1) is 6.42 Å². The Kier molecular flexibility index (Phi) is 6.54. The van der Waals surface area contributed by atoms with Gasteiger partial charge < -0.3 is 29.4 Å². The number of alkyl halides is 1. The molecule has 0 saturated carbocycles. The zero-order valence-corrected chi connectivity index (χ0v) is 18.6. The molecule has 0 radical (unpaired) electrons. The van der Waals surface area contributed by atoms with Crippen LogP contribution in [0.5, 0.6) is 0 Å². The highest BCUT2D eigenvalue weighted by Gasteiger charge is 2.60. The fraction of sp³-hybridized carbons (Fsp3) is 0.682. The van der Waals surface area contributed by atoms with Crippen molar-refractivity contribution in [3.63, 3.8) is 0 Å². The molecule has 0 aliphatic carbocycles. The number of hydrogen-bond donors (Lipinski definition) is 3. The molecule has 0 bridgehead atoms. The zero-order chi connectivity index (χ0) is 23.7. The number of nitrogens with one attached hydrogen (secondary N) is 2. The average molecular weight is 477 g/mol. The van der Waals surface area contributed by atoms with Crippen molar-refractivity contribution >= 4 is 17.1 Å². The Morgan fingerprint density at radius 3 is 2.79 bits per heavy atom. The van der Waals surface area contributed by atoms with Crippen LogP contribution in [-0.4, -0.2) is 74.8 Å². The lowest BCUT2D eigenvalue weighted by atomic mass is 9.96. The summed E-state index contributed by atoms with van der Waals surface area (Å²) in [6.45, 7) is 0.590. The molecular formula is C22H28FN5O6. The van der Waals surface area contributed by atoms with E-state index >= 15 is 4.39 Å². The molecule has 3 aliphatic heterocycles. The minimum absolute atomic E-state index is 0.00128. The highest BCUT2D eigenvalue weighted by Crippen LogP contribution is 2.44. The smallest absolute Gasteiger partial charge is 0.280 e. The summed E-state index contributed by atoms with van der Waals surface area (Å²) < 4.78 is 40.6. The van der Waals surface area contributed by atoms with Crippen molar-refractivity contribution in [2.24, 2.45) is 0 Å². The maximum Gasteiger partial charge on any atom is 0.280 e. The summed E-state index contributed by atoms with van der Waals surface area (Å²) in [6, 6.07) is 0. The zero-order valence-electron chi connectivity index (χ0n) is 18.6. The number of aliphatic hydroxyl groups excluding tert-OH is 1. The summed E-state index contributed by atoms with van der Waals surface area (Å²) in [6.07, 6.45) is 7.25. The molecule has 2 aromatic rings. The first-order valence-electron chi connectivity index (χ1n) is 11.6. The van der Waals surface area contributed by atoms with Crippen LogP contribution in [0.15, 0.2) is 11.1 Å². The SMILES string of the molecule is C#C[C@@]1(F)[C@@H](OC2CCCCO2)[C@@H](CO)O[C@H]1n1cnc2c(=O)[nH]c(NC3CCCCO3)nc21. The number of terminal acetylenes is 1. The molecule has 5 rings (SSSR count). The van der Waals surface area contributed by atoms with E-state index in [1.165, 1.54) is 10.9 Å². The fourth-order valence-corrected chi connectivity index (χ4v) is 4.65. The summed E-state index contributed by atoms with van der Waals surface area (Å²) in [5, 5.41) is 12.9. The summed E-state index contributed by atoms with van der Waals surface area (Å²) in [7, 11) is 0. The first-order chi connectivity index (χ1) is 16.5. The van der Waals surface area contributed by atoms with Crippen LogP contribution in [0.1, 0.15) is 44.8 Å². The van der Waals surface area contributed by atoms with Crippen LogP contribution in [0, 0.1) is 12.3 Å². The lowest BCUT2D eigenvalue weighted by molar-refractivity contribution is -0.211. The molecule has 3 N–H and O–H groups in total. The Morgan fingerprint density at radius 2 is 2.12 bits per heavy atom. The molecule has 0 aromatic carbocycles. The molecule has 6 atom stereocenters. The molecule has 34 heavy (non-hydrogen) atoms. The number of ether oxygens (including phenoxy) is 4. The Balaban J connectivity index is 1.47. The van der Waals surface area contributed by atoms with Crippen molar-refractivity contribution in [3.05, 3.63) is 16.7 Å². The number of aromatic amines is 1. The first kappa shape index (κ1) is 23.2. The molecule has 2 unspecified atom stereocenters. The Labute approximate surface area is 195 Å². The van der Waals surface area contributed by atoms with E-state index in [0.29, 0.717) is 19.6 Å². The molecule has 12 heteroatoms. The number of hydrogen-bond acceptors (Lipinski definition) is 9. The van der Waals surface area contributed by atoms with Crippen molar-refractivity contribution in [1.29, 1.82) is 0 Å². The Bertz CT molecular complexity index is 1110. The second kappa shape index (κ2) is 9.59. The number of aromatic nitrogens is 4. The number of fused-ring (bicyclic) bond motifs is 1. The summed E-state index contributed by atoms with van der Waals surface area (Å²) in [5.41, 5.74) is -2.91. The van der Waals surface area contributed by atoms with Crippen LogP contribution in [0.4, 0.5) is 10.3 Å². The van der Waals surface area contributed by atoms with Crippen LogP contribution in [0.2, 0.25) is 0 Å². The van der Waals surface area contributed by atoms with Gasteiger partial charge in [-0.3, -0.25) is 14.3 Å². The van der Waals surface area contributed by atoms with E-state index in [0.717, 1.165) is 32.1 Å². The fourth-order valence-electron chi connectivity index (χ4n) is 4.65.